The molecule has 8 heteroatoms. The largest absolute Gasteiger partial charge is 0.449 e. The molecule has 0 spiro atoms. The Hall–Kier alpha value is -4.04. The van der Waals surface area contributed by atoms with Crippen LogP contribution in [0, 0.1) is 0 Å². The number of amides is 3. The highest BCUT2D eigenvalue weighted by atomic mass is 16.5. The summed E-state index contributed by atoms with van der Waals surface area (Å²) in [5, 5.41) is 1.48. The number of imide groups is 1. The molecule has 34 heavy (non-hydrogen) atoms. The standard InChI is InChI=1S/C26H22N2O6/c1-16(23(29)27-12-14-33-15-13-27)34-26(32)18-8-10-19(11-9-18)28-24(30)20-6-2-4-17-5-3-7-21(22(17)20)25(28)31/h2-11,16H,12-15H2,1H3. The molecule has 2 aliphatic rings. The molecule has 5 rings (SSSR count). The molecule has 0 radical (unpaired) electrons. The number of hydrogen-bond acceptors (Lipinski definition) is 6. The van der Waals surface area contributed by atoms with Crippen molar-refractivity contribution >= 4 is 40.2 Å². The van der Waals surface area contributed by atoms with E-state index < -0.39 is 23.9 Å². The maximum atomic E-state index is 13.2. The summed E-state index contributed by atoms with van der Waals surface area (Å²) in [6.45, 7) is 3.38. The first-order valence-electron chi connectivity index (χ1n) is 11.0. The van der Waals surface area contributed by atoms with Gasteiger partial charge in [-0.3, -0.25) is 14.4 Å². The summed E-state index contributed by atoms with van der Waals surface area (Å²) >= 11 is 0. The van der Waals surface area contributed by atoms with Crippen molar-refractivity contribution in [1.29, 1.82) is 0 Å². The number of nitrogens with zero attached hydrogens (tertiary/aromatic N) is 2. The lowest BCUT2D eigenvalue weighted by Crippen LogP contribution is -2.46. The zero-order chi connectivity index (χ0) is 23.8. The van der Waals surface area contributed by atoms with Gasteiger partial charge in [0.2, 0.25) is 0 Å². The highest BCUT2D eigenvalue weighted by molar-refractivity contribution is 6.35. The Balaban J connectivity index is 1.34. The van der Waals surface area contributed by atoms with Gasteiger partial charge in [-0.1, -0.05) is 24.3 Å². The Kier molecular flexibility index (Phi) is 5.59. The molecule has 0 N–H and O–H groups in total. The lowest BCUT2D eigenvalue weighted by atomic mass is 9.94. The van der Waals surface area contributed by atoms with E-state index in [0.29, 0.717) is 48.5 Å². The maximum absolute atomic E-state index is 13.2. The smallest absolute Gasteiger partial charge is 0.338 e. The number of benzene rings is 3. The van der Waals surface area contributed by atoms with Crippen molar-refractivity contribution in [2.45, 2.75) is 13.0 Å². The van der Waals surface area contributed by atoms with E-state index in [4.69, 9.17) is 9.47 Å². The molecular formula is C26H22N2O6. The van der Waals surface area contributed by atoms with Gasteiger partial charge in [0.15, 0.2) is 6.10 Å². The summed E-state index contributed by atoms with van der Waals surface area (Å²) in [6, 6.07) is 16.7. The topological polar surface area (TPSA) is 93.2 Å². The van der Waals surface area contributed by atoms with Crippen LogP contribution in [0.2, 0.25) is 0 Å². The Morgan fingerprint density at radius 1 is 0.882 bits per heavy atom. The number of hydrogen-bond donors (Lipinski definition) is 0. The second kappa shape index (κ2) is 8.72. The van der Waals surface area contributed by atoms with Crippen LogP contribution in [0.3, 0.4) is 0 Å². The summed E-state index contributed by atoms with van der Waals surface area (Å²) in [5.41, 5.74) is 1.46. The Labute approximate surface area is 195 Å². The molecule has 1 saturated heterocycles. The lowest BCUT2D eigenvalue weighted by Gasteiger charge is -2.29. The van der Waals surface area contributed by atoms with E-state index in [1.54, 1.807) is 29.2 Å². The Morgan fingerprint density at radius 3 is 2.06 bits per heavy atom. The van der Waals surface area contributed by atoms with Crippen LogP contribution >= 0.6 is 0 Å². The first kappa shape index (κ1) is 21.8. The van der Waals surface area contributed by atoms with E-state index in [2.05, 4.69) is 0 Å². The van der Waals surface area contributed by atoms with Gasteiger partial charge in [0, 0.05) is 29.6 Å². The summed E-state index contributed by atoms with van der Waals surface area (Å²) in [6.07, 6.45) is -0.937. The fraction of sp³-hybridized carbons (Fsp3) is 0.231. The third-order valence-electron chi connectivity index (χ3n) is 6.09. The normalized spacial score (nSPS) is 16.5. The van der Waals surface area contributed by atoms with Gasteiger partial charge in [-0.2, -0.15) is 0 Å². The average molecular weight is 458 g/mol. The number of ether oxygens (including phenoxy) is 2. The number of carbonyl (C=O) groups excluding carboxylic acids is 4. The van der Waals surface area contributed by atoms with Crippen LogP contribution < -0.4 is 4.90 Å². The molecule has 3 aromatic rings. The van der Waals surface area contributed by atoms with Crippen LogP contribution in [0.1, 0.15) is 38.0 Å². The first-order chi connectivity index (χ1) is 16.5. The van der Waals surface area contributed by atoms with Crippen LogP contribution in [0.5, 0.6) is 0 Å². The highest BCUT2D eigenvalue weighted by Gasteiger charge is 2.34. The number of esters is 1. The number of carbonyl (C=O) groups is 4. The number of morpholine rings is 1. The molecule has 0 aliphatic carbocycles. The predicted molar refractivity (Wildman–Crippen MR) is 124 cm³/mol. The van der Waals surface area contributed by atoms with E-state index in [1.165, 1.54) is 31.2 Å². The molecule has 1 unspecified atom stereocenters. The van der Waals surface area contributed by atoms with Crippen LogP contribution in [-0.4, -0.2) is 61.0 Å². The van der Waals surface area contributed by atoms with Crippen molar-refractivity contribution in [3.63, 3.8) is 0 Å². The van der Waals surface area contributed by atoms with Crippen molar-refractivity contribution in [3.8, 4) is 0 Å². The molecule has 1 atom stereocenters. The van der Waals surface area contributed by atoms with E-state index in [-0.39, 0.29) is 11.5 Å². The summed E-state index contributed by atoms with van der Waals surface area (Å²) in [7, 11) is 0. The SMILES string of the molecule is CC(OC(=O)c1ccc(N2C(=O)c3cccc4cccc(c34)C2=O)cc1)C(=O)N1CCOCC1. The highest BCUT2D eigenvalue weighted by Crippen LogP contribution is 2.32. The third-order valence-corrected chi connectivity index (χ3v) is 6.09. The quantitative estimate of drug-likeness (QED) is 0.441. The van der Waals surface area contributed by atoms with E-state index >= 15 is 0 Å². The molecular weight excluding hydrogens is 436 g/mol. The molecule has 2 heterocycles. The monoisotopic (exact) mass is 458 g/mol. The van der Waals surface area contributed by atoms with Crippen molar-refractivity contribution in [2.75, 3.05) is 31.2 Å². The molecule has 1 fully saturated rings. The maximum Gasteiger partial charge on any atom is 0.338 e. The first-order valence-corrected chi connectivity index (χ1v) is 11.0. The van der Waals surface area contributed by atoms with E-state index in [9.17, 15) is 19.2 Å². The third kappa shape index (κ3) is 3.72. The zero-order valence-electron chi connectivity index (χ0n) is 18.5. The van der Waals surface area contributed by atoms with Crippen LogP contribution in [0.4, 0.5) is 5.69 Å². The van der Waals surface area contributed by atoms with Gasteiger partial charge in [-0.25, -0.2) is 9.69 Å². The number of rotatable bonds is 4. The van der Waals surface area contributed by atoms with Gasteiger partial charge in [0.25, 0.3) is 17.7 Å². The van der Waals surface area contributed by atoms with Gasteiger partial charge >= 0.3 is 5.97 Å². The van der Waals surface area contributed by atoms with Gasteiger partial charge in [-0.15, -0.1) is 0 Å². The van der Waals surface area contributed by atoms with Crippen LogP contribution in [0.15, 0.2) is 60.7 Å². The predicted octanol–water partition coefficient (Wildman–Crippen LogP) is 3.04. The molecule has 3 aromatic carbocycles. The minimum absolute atomic E-state index is 0.213. The van der Waals surface area contributed by atoms with Crippen molar-refractivity contribution in [2.24, 2.45) is 0 Å². The lowest BCUT2D eigenvalue weighted by molar-refractivity contribution is -0.143. The molecule has 0 saturated carbocycles. The molecule has 172 valence electrons. The van der Waals surface area contributed by atoms with E-state index in [0.717, 1.165) is 10.3 Å². The van der Waals surface area contributed by atoms with Crippen molar-refractivity contribution < 1.29 is 28.7 Å². The van der Waals surface area contributed by atoms with Gasteiger partial charge in [-0.05, 0) is 48.7 Å². The second-order valence-electron chi connectivity index (χ2n) is 8.19. The van der Waals surface area contributed by atoms with Crippen molar-refractivity contribution in [3.05, 3.63) is 77.4 Å². The second-order valence-corrected chi connectivity index (χ2v) is 8.19. The average Bonchev–Trinajstić information content (AvgIpc) is 2.87. The van der Waals surface area contributed by atoms with Gasteiger partial charge in [0.1, 0.15) is 0 Å². The Bertz CT molecular complexity index is 1260. The molecule has 8 nitrogen and oxygen atoms in total. The number of anilines is 1. The minimum atomic E-state index is -0.937. The van der Waals surface area contributed by atoms with E-state index in [1.807, 2.05) is 12.1 Å². The van der Waals surface area contributed by atoms with Crippen LogP contribution in [0.25, 0.3) is 10.8 Å². The van der Waals surface area contributed by atoms with Gasteiger partial charge < -0.3 is 14.4 Å². The molecule has 2 aliphatic heterocycles. The fourth-order valence-corrected chi connectivity index (χ4v) is 4.33. The van der Waals surface area contributed by atoms with Crippen LogP contribution in [-0.2, 0) is 14.3 Å². The summed E-state index contributed by atoms with van der Waals surface area (Å²) < 4.78 is 10.6. The fourth-order valence-electron chi connectivity index (χ4n) is 4.33. The minimum Gasteiger partial charge on any atom is -0.449 e. The Morgan fingerprint density at radius 2 is 1.47 bits per heavy atom. The van der Waals surface area contributed by atoms with Crippen molar-refractivity contribution in [1.82, 2.24) is 4.90 Å². The molecule has 0 bridgehead atoms. The summed E-state index contributed by atoms with van der Waals surface area (Å²) in [4.78, 5) is 54.1. The summed E-state index contributed by atoms with van der Waals surface area (Å²) in [5.74, 6) is -1.78. The van der Waals surface area contributed by atoms with Gasteiger partial charge in [0.05, 0.1) is 24.5 Å². The zero-order valence-corrected chi connectivity index (χ0v) is 18.5. The molecule has 0 aromatic heterocycles. The molecule has 3 amide bonds.